The molecule has 0 aliphatic heterocycles. The highest BCUT2D eigenvalue weighted by molar-refractivity contribution is 5.92. The van der Waals surface area contributed by atoms with Crippen LogP contribution in [0.3, 0.4) is 0 Å². The van der Waals surface area contributed by atoms with Gasteiger partial charge < -0.3 is 16.2 Å². The summed E-state index contributed by atoms with van der Waals surface area (Å²) in [6.07, 6.45) is 0. The van der Waals surface area contributed by atoms with Gasteiger partial charge in [-0.15, -0.1) is 12.4 Å². The van der Waals surface area contributed by atoms with Crippen LogP contribution in [0.15, 0.2) is 47.5 Å². The van der Waals surface area contributed by atoms with Gasteiger partial charge in [0.2, 0.25) is 5.75 Å². The number of carbonyl (C=O) groups is 1. The summed E-state index contributed by atoms with van der Waals surface area (Å²) in [5.41, 5.74) is 9.75. The summed E-state index contributed by atoms with van der Waals surface area (Å²) >= 11 is 0. The topological polar surface area (TPSA) is 177 Å². The van der Waals surface area contributed by atoms with E-state index >= 15 is 0 Å². The molecule has 2 rings (SSSR count). The molecule has 0 aliphatic carbocycles. The van der Waals surface area contributed by atoms with Crippen molar-refractivity contribution in [2.24, 2.45) is 16.5 Å². The summed E-state index contributed by atoms with van der Waals surface area (Å²) in [5.74, 6) is -1.45. The number of nitro benzene ring substituents is 2. The van der Waals surface area contributed by atoms with E-state index in [0.29, 0.717) is 11.8 Å². The molecule has 0 saturated heterocycles. The van der Waals surface area contributed by atoms with Crippen molar-refractivity contribution in [3.05, 3.63) is 68.3 Å². The van der Waals surface area contributed by atoms with Crippen LogP contribution in [-0.2, 0) is 0 Å². The molecule has 11 nitrogen and oxygen atoms in total. The zero-order valence-electron chi connectivity index (χ0n) is 12.9. The molecule has 0 heterocycles. The summed E-state index contributed by atoms with van der Waals surface area (Å²) in [4.78, 5) is 35.9. The highest BCUT2D eigenvalue weighted by Crippen LogP contribution is 2.31. The Kier molecular flexibility index (Phi) is 6.56. The lowest BCUT2D eigenvalue weighted by molar-refractivity contribution is -0.394. The Labute approximate surface area is 152 Å². The Morgan fingerprint density at radius 1 is 1.00 bits per heavy atom. The molecule has 0 fully saturated rings. The van der Waals surface area contributed by atoms with E-state index in [4.69, 9.17) is 16.2 Å². The Bertz CT molecular complexity index is 880. The van der Waals surface area contributed by atoms with Crippen molar-refractivity contribution in [3.63, 3.8) is 0 Å². The maximum Gasteiger partial charge on any atom is 0.343 e. The molecule has 12 heteroatoms. The van der Waals surface area contributed by atoms with Crippen LogP contribution in [0.5, 0.6) is 5.75 Å². The van der Waals surface area contributed by atoms with Gasteiger partial charge >= 0.3 is 11.7 Å². The van der Waals surface area contributed by atoms with Gasteiger partial charge in [0.25, 0.3) is 5.69 Å². The Balaban J connectivity index is 0.00000338. The van der Waals surface area contributed by atoms with Gasteiger partial charge in [-0.1, -0.05) is 0 Å². The third-order valence-corrected chi connectivity index (χ3v) is 2.91. The second kappa shape index (κ2) is 8.39. The number of hydrogen-bond donors (Lipinski definition) is 2. The average molecular weight is 382 g/mol. The first-order valence-corrected chi connectivity index (χ1v) is 6.62. The first-order valence-electron chi connectivity index (χ1n) is 6.62. The third-order valence-electron chi connectivity index (χ3n) is 2.91. The summed E-state index contributed by atoms with van der Waals surface area (Å²) in [7, 11) is 0. The van der Waals surface area contributed by atoms with Crippen molar-refractivity contribution in [1.29, 1.82) is 0 Å². The lowest BCUT2D eigenvalue weighted by Gasteiger charge is -2.05. The minimum atomic E-state index is -0.881. The van der Waals surface area contributed by atoms with Crippen LogP contribution in [0.4, 0.5) is 17.1 Å². The fraction of sp³-hybridized carbons (Fsp3) is 0. The maximum atomic E-state index is 12.1. The number of rotatable bonds is 5. The molecule has 0 bridgehead atoms. The molecule has 0 atom stereocenters. The number of esters is 1. The van der Waals surface area contributed by atoms with Crippen molar-refractivity contribution in [3.8, 4) is 5.75 Å². The summed E-state index contributed by atoms with van der Waals surface area (Å²) in [6, 6.07) is 8.31. The molecule has 0 aliphatic rings. The van der Waals surface area contributed by atoms with E-state index in [-0.39, 0.29) is 23.9 Å². The van der Waals surface area contributed by atoms with E-state index < -0.39 is 32.9 Å². The molecule has 2 aromatic carbocycles. The number of non-ortho nitro benzene ring substituents is 1. The average Bonchev–Trinajstić information content (AvgIpc) is 2.54. The number of nitrogens with zero attached hydrogens (tertiary/aromatic N) is 3. The van der Waals surface area contributed by atoms with E-state index in [0.717, 1.165) is 12.1 Å². The highest BCUT2D eigenvalue weighted by atomic mass is 35.5. The molecule has 136 valence electrons. The molecule has 0 amide bonds. The smallest absolute Gasteiger partial charge is 0.343 e. The lowest BCUT2D eigenvalue weighted by atomic mass is 10.2. The quantitative estimate of drug-likeness (QED) is 0.197. The van der Waals surface area contributed by atoms with Gasteiger partial charge in [0.1, 0.15) is 0 Å². The molecule has 0 radical (unpaired) electrons. The van der Waals surface area contributed by atoms with E-state index in [1.165, 1.54) is 24.3 Å². The van der Waals surface area contributed by atoms with Gasteiger partial charge in [0, 0.05) is 6.07 Å². The molecular weight excluding hydrogens is 370 g/mol. The molecule has 0 spiro atoms. The van der Waals surface area contributed by atoms with Crippen LogP contribution in [0.2, 0.25) is 0 Å². The second-order valence-corrected chi connectivity index (χ2v) is 4.64. The van der Waals surface area contributed by atoms with Gasteiger partial charge in [-0.25, -0.2) is 9.79 Å². The van der Waals surface area contributed by atoms with Crippen molar-refractivity contribution in [1.82, 2.24) is 0 Å². The van der Waals surface area contributed by atoms with Gasteiger partial charge in [0.05, 0.1) is 27.2 Å². The predicted octanol–water partition coefficient (Wildman–Crippen LogP) is 2.05. The van der Waals surface area contributed by atoms with E-state index in [1.807, 2.05) is 0 Å². The number of guanidine groups is 1. The number of nitrogens with two attached hydrogens (primary N) is 2. The second-order valence-electron chi connectivity index (χ2n) is 4.64. The highest BCUT2D eigenvalue weighted by Gasteiger charge is 2.23. The third kappa shape index (κ3) is 4.88. The van der Waals surface area contributed by atoms with Gasteiger partial charge in [-0.3, -0.25) is 20.2 Å². The van der Waals surface area contributed by atoms with Gasteiger partial charge in [-0.2, -0.15) is 0 Å². The van der Waals surface area contributed by atoms with Crippen LogP contribution in [-0.4, -0.2) is 21.8 Å². The lowest BCUT2D eigenvalue weighted by Crippen LogP contribution is -2.21. The molecule has 26 heavy (non-hydrogen) atoms. The van der Waals surface area contributed by atoms with Crippen LogP contribution < -0.4 is 16.2 Å². The minimum absolute atomic E-state index is 0. The number of halogens is 1. The van der Waals surface area contributed by atoms with Crippen molar-refractivity contribution < 1.29 is 19.4 Å². The Morgan fingerprint density at radius 2 is 1.62 bits per heavy atom. The Morgan fingerprint density at radius 3 is 2.12 bits per heavy atom. The molecular formula is C14H12ClN5O6. The van der Waals surface area contributed by atoms with Crippen LogP contribution in [0.1, 0.15) is 10.4 Å². The molecule has 4 N–H and O–H groups in total. The number of ether oxygens (including phenoxy) is 1. The molecule has 0 aromatic heterocycles. The number of hydrogen-bond acceptors (Lipinski definition) is 7. The zero-order valence-corrected chi connectivity index (χ0v) is 13.7. The normalized spacial score (nSPS) is 9.54. The largest absolute Gasteiger partial charge is 0.416 e. The standard InChI is InChI=1S/C14H11N5O6.ClH/c15-14(16)17-9-3-1-8(2-4-9)13(20)25-12-6-5-10(18(21)22)7-11(12)19(23)24;/h1-7H,(H4,15,16,17);1H. The van der Waals surface area contributed by atoms with E-state index in [2.05, 4.69) is 4.99 Å². The van der Waals surface area contributed by atoms with Crippen LogP contribution in [0, 0.1) is 20.2 Å². The zero-order chi connectivity index (χ0) is 18.6. The fourth-order valence-electron chi connectivity index (χ4n) is 1.83. The van der Waals surface area contributed by atoms with Gasteiger partial charge in [0.15, 0.2) is 5.96 Å². The van der Waals surface area contributed by atoms with Crippen molar-refractivity contribution in [2.75, 3.05) is 0 Å². The van der Waals surface area contributed by atoms with Crippen molar-refractivity contribution >= 4 is 41.4 Å². The molecule has 0 saturated carbocycles. The summed E-state index contributed by atoms with van der Waals surface area (Å²) in [6.45, 7) is 0. The van der Waals surface area contributed by atoms with E-state index in [9.17, 15) is 25.0 Å². The van der Waals surface area contributed by atoms with Crippen LogP contribution >= 0.6 is 12.4 Å². The number of aliphatic imine (C=N–C) groups is 1. The first-order chi connectivity index (χ1) is 11.8. The molecule has 0 unspecified atom stereocenters. The number of nitro groups is 2. The number of carbonyl (C=O) groups excluding carboxylic acids is 1. The first kappa shape index (κ1) is 20.3. The SMILES string of the molecule is Cl.NC(N)=Nc1ccc(C(=O)Oc2ccc([N+](=O)[O-])cc2[N+](=O)[O-])cc1. The summed E-state index contributed by atoms with van der Waals surface area (Å²) < 4.78 is 4.96. The van der Waals surface area contributed by atoms with Crippen LogP contribution in [0.25, 0.3) is 0 Å². The maximum absolute atomic E-state index is 12.1. The monoisotopic (exact) mass is 381 g/mol. The van der Waals surface area contributed by atoms with Crippen molar-refractivity contribution in [2.45, 2.75) is 0 Å². The molecule has 2 aromatic rings. The number of benzene rings is 2. The Hall–Kier alpha value is -3.73. The minimum Gasteiger partial charge on any atom is -0.416 e. The van der Waals surface area contributed by atoms with E-state index in [1.54, 1.807) is 0 Å². The fourth-order valence-corrected chi connectivity index (χ4v) is 1.83. The predicted molar refractivity (Wildman–Crippen MR) is 93.9 cm³/mol. The summed E-state index contributed by atoms with van der Waals surface area (Å²) in [5, 5.41) is 21.7. The van der Waals surface area contributed by atoms with Gasteiger partial charge in [-0.05, 0) is 30.3 Å².